The quantitative estimate of drug-likeness (QED) is 0.158. The molecule has 7 atom stereocenters. The van der Waals surface area contributed by atoms with E-state index in [1.54, 1.807) is 0 Å². The van der Waals surface area contributed by atoms with Crippen molar-refractivity contribution in [2.45, 2.75) is 186 Å². The second kappa shape index (κ2) is 29.4. The van der Waals surface area contributed by atoms with E-state index in [1.165, 1.54) is 50.0 Å². The summed E-state index contributed by atoms with van der Waals surface area (Å²) in [5.74, 6) is 4.81. The summed E-state index contributed by atoms with van der Waals surface area (Å²) in [5.41, 5.74) is 1.01. The molecule has 16 heteroatoms. The fourth-order valence-corrected chi connectivity index (χ4v) is 14.4. The van der Waals surface area contributed by atoms with Crippen molar-refractivity contribution in [3.05, 3.63) is 0 Å². The zero-order valence-electron chi connectivity index (χ0n) is 48.2. The van der Waals surface area contributed by atoms with E-state index in [1.807, 2.05) is 44.9 Å². The number of likely N-dealkylation sites (tertiary alicyclic amines) is 4. The molecule has 8 rings (SSSR count). The molecule has 0 aromatic heterocycles. The number of carbonyl (C=O) groups excluding carboxylic acids is 4. The highest BCUT2D eigenvalue weighted by Gasteiger charge is 2.39. The molecule has 0 saturated carbocycles. The molecule has 0 bridgehead atoms. The lowest BCUT2D eigenvalue weighted by molar-refractivity contribution is -0.136. The SMILES string of the molecule is CNC1CC(C)(C)CCN(CC2CCCCCS2)C1=O.CNC1CC(C)(C)CCN(CC2CCCS2)C1=O.CNC1CC(C)(C)CCN(CC2CCOC2)C1=O.CNC1CC(C)(C)CCN(CC2COC2)C1=O. The molecule has 8 saturated heterocycles. The van der Waals surface area contributed by atoms with Gasteiger partial charge in [-0.2, -0.15) is 23.5 Å². The molecule has 4 amide bonds. The lowest BCUT2D eigenvalue weighted by Gasteiger charge is -2.33. The first-order valence-electron chi connectivity index (χ1n) is 28.8. The maximum Gasteiger partial charge on any atom is 0.239 e. The molecule has 8 aliphatic heterocycles. The van der Waals surface area contributed by atoms with Gasteiger partial charge in [-0.3, -0.25) is 19.2 Å². The molecule has 0 spiro atoms. The monoisotopic (exact) mass is 1060 g/mol. The number of hydrogen-bond acceptors (Lipinski definition) is 12. The molecule has 8 aliphatic rings. The Bertz CT molecular complexity index is 1640. The van der Waals surface area contributed by atoms with Crippen molar-refractivity contribution >= 4 is 47.2 Å². The number of likely N-dealkylation sites (N-methyl/N-ethyl adjacent to an activating group) is 4. The van der Waals surface area contributed by atoms with Crippen LogP contribution in [0.5, 0.6) is 0 Å². The van der Waals surface area contributed by atoms with Gasteiger partial charge in [0.1, 0.15) is 0 Å². The second-order valence-corrected chi connectivity index (χ2v) is 28.9. The summed E-state index contributed by atoms with van der Waals surface area (Å²) in [6.07, 6.45) is 17.2. The van der Waals surface area contributed by atoms with E-state index >= 15 is 0 Å². The number of hydrogen-bond donors (Lipinski definition) is 4. The van der Waals surface area contributed by atoms with Crippen LogP contribution in [-0.2, 0) is 28.7 Å². The van der Waals surface area contributed by atoms with Crippen LogP contribution in [0.25, 0.3) is 0 Å². The van der Waals surface area contributed by atoms with Crippen molar-refractivity contribution < 1.29 is 28.7 Å². The van der Waals surface area contributed by atoms with Gasteiger partial charge in [-0.25, -0.2) is 0 Å². The summed E-state index contributed by atoms with van der Waals surface area (Å²) in [4.78, 5) is 58.4. The second-order valence-electron chi connectivity index (χ2n) is 26.1. The van der Waals surface area contributed by atoms with Crippen molar-refractivity contribution in [3.63, 3.8) is 0 Å². The van der Waals surface area contributed by atoms with Crippen molar-refractivity contribution in [1.82, 2.24) is 40.9 Å². The summed E-state index contributed by atoms with van der Waals surface area (Å²) in [6.45, 7) is 28.7. The normalized spacial score (nSPS) is 31.8. The average molecular weight is 1060 g/mol. The van der Waals surface area contributed by atoms with E-state index in [2.05, 4.69) is 103 Å². The van der Waals surface area contributed by atoms with Crippen LogP contribution >= 0.6 is 23.5 Å². The Balaban J connectivity index is 0.000000181. The first-order chi connectivity index (χ1) is 34.6. The van der Waals surface area contributed by atoms with Gasteiger partial charge in [0, 0.05) is 81.3 Å². The summed E-state index contributed by atoms with van der Waals surface area (Å²) in [7, 11) is 7.60. The minimum atomic E-state index is -0.0233. The van der Waals surface area contributed by atoms with E-state index in [0.29, 0.717) is 34.2 Å². The Morgan fingerprint density at radius 3 is 1.11 bits per heavy atom. The molecule has 0 aliphatic carbocycles. The van der Waals surface area contributed by atoms with Gasteiger partial charge >= 0.3 is 0 Å². The maximum atomic E-state index is 12.7. The highest BCUT2D eigenvalue weighted by molar-refractivity contribution is 8.00. The summed E-state index contributed by atoms with van der Waals surface area (Å²) < 4.78 is 10.6. The predicted molar refractivity (Wildman–Crippen MR) is 303 cm³/mol. The number of rotatable bonds is 12. The lowest BCUT2D eigenvalue weighted by Crippen LogP contribution is -2.48. The van der Waals surface area contributed by atoms with Crippen LogP contribution in [0, 0.1) is 33.5 Å². The highest BCUT2D eigenvalue weighted by Crippen LogP contribution is 2.36. The minimum absolute atomic E-state index is 0.00304. The molecule has 0 aromatic rings. The minimum Gasteiger partial charge on any atom is -0.381 e. The molecule has 7 unspecified atom stereocenters. The van der Waals surface area contributed by atoms with E-state index in [4.69, 9.17) is 9.47 Å². The van der Waals surface area contributed by atoms with Gasteiger partial charge in [0.15, 0.2) is 0 Å². The van der Waals surface area contributed by atoms with Crippen LogP contribution in [0.4, 0.5) is 0 Å². The number of nitrogens with one attached hydrogen (secondary N) is 4. The number of thioether (sulfide) groups is 2. The Hall–Kier alpha value is -1.66. The zero-order chi connectivity index (χ0) is 53.4. The van der Waals surface area contributed by atoms with Gasteiger partial charge in [-0.15, -0.1) is 0 Å². The Morgan fingerprint density at radius 1 is 0.438 bits per heavy atom. The number of nitrogens with zero attached hydrogens (tertiary/aromatic N) is 4. The molecule has 8 heterocycles. The van der Waals surface area contributed by atoms with E-state index in [-0.39, 0.29) is 57.6 Å². The van der Waals surface area contributed by atoms with Crippen molar-refractivity contribution in [2.75, 3.05) is 118 Å². The van der Waals surface area contributed by atoms with Gasteiger partial charge in [-0.1, -0.05) is 68.2 Å². The fourth-order valence-electron chi connectivity index (χ4n) is 11.8. The first-order valence-corrected chi connectivity index (χ1v) is 30.9. The molecule has 422 valence electrons. The average Bonchev–Trinajstić information content (AvgIpc) is 3.91. The Morgan fingerprint density at radius 2 is 0.781 bits per heavy atom. The molecule has 0 radical (unpaired) electrons. The predicted octanol–water partition coefficient (Wildman–Crippen LogP) is 7.15. The Labute approximate surface area is 453 Å². The lowest BCUT2D eigenvalue weighted by atomic mass is 9.83. The zero-order valence-corrected chi connectivity index (χ0v) is 49.8. The molecule has 0 aromatic carbocycles. The number of ether oxygens (including phenoxy) is 2. The van der Waals surface area contributed by atoms with Gasteiger partial charge < -0.3 is 50.3 Å². The van der Waals surface area contributed by atoms with Gasteiger partial charge in [0.25, 0.3) is 0 Å². The molecule has 14 nitrogen and oxygen atoms in total. The van der Waals surface area contributed by atoms with Crippen LogP contribution in [0.1, 0.15) is 152 Å². The van der Waals surface area contributed by atoms with Crippen molar-refractivity contribution in [1.29, 1.82) is 0 Å². The third-order valence-corrected chi connectivity index (χ3v) is 19.9. The first kappa shape index (κ1) is 62.2. The summed E-state index contributed by atoms with van der Waals surface area (Å²) in [6, 6.07) is -0.0319. The third-order valence-electron chi connectivity index (χ3n) is 17.2. The van der Waals surface area contributed by atoms with Crippen LogP contribution in [0.15, 0.2) is 0 Å². The molecular formula is C57H106N8O6S2. The van der Waals surface area contributed by atoms with E-state index < -0.39 is 0 Å². The van der Waals surface area contributed by atoms with Crippen LogP contribution in [0.3, 0.4) is 0 Å². The fraction of sp³-hybridized carbons (Fsp3) is 0.930. The van der Waals surface area contributed by atoms with Gasteiger partial charge in [0.2, 0.25) is 23.6 Å². The van der Waals surface area contributed by atoms with Crippen molar-refractivity contribution in [3.8, 4) is 0 Å². The number of amides is 4. The van der Waals surface area contributed by atoms with Gasteiger partial charge in [0.05, 0.1) is 44.0 Å². The Kier molecular flexibility index (Phi) is 25.0. The maximum absolute atomic E-state index is 12.7. The molecule has 4 N–H and O–H groups in total. The van der Waals surface area contributed by atoms with Crippen LogP contribution in [0.2, 0.25) is 0 Å². The van der Waals surface area contributed by atoms with E-state index in [9.17, 15) is 19.2 Å². The molecule has 73 heavy (non-hydrogen) atoms. The van der Waals surface area contributed by atoms with E-state index in [0.717, 1.165) is 137 Å². The largest absolute Gasteiger partial charge is 0.381 e. The molecule has 8 fully saturated rings. The molecular weight excluding hydrogens is 957 g/mol. The summed E-state index contributed by atoms with van der Waals surface area (Å²) >= 11 is 4.12. The van der Waals surface area contributed by atoms with Crippen LogP contribution in [-0.4, -0.2) is 196 Å². The van der Waals surface area contributed by atoms with Crippen molar-refractivity contribution in [2.24, 2.45) is 33.5 Å². The van der Waals surface area contributed by atoms with Crippen LogP contribution < -0.4 is 21.3 Å². The third kappa shape index (κ3) is 20.3. The smallest absolute Gasteiger partial charge is 0.239 e. The number of carbonyl (C=O) groups is 4. The summed E-state index contributed by atoms with van der Waals surface area (Å²) in [5, 5.41) is 14.1. The highest BCUT2D eigenvalue weighted by atomic mass is 32.2. The topological polar surface area (TPSA) is 148 Å². The van der Waals surface area contributed by atoms with Gasteiger partial charge in [-0.05, 0) is 145 Å². The standard InChI is InChI=1S/C16H30N2OS.C14H26N2O2.C14H26N2OS.C13H24N2O2/c1-16(2)8-9-18(15(19)14(11-16)17-3)12-13-7-5-4-6-10-20-13;1-14(2)5-6-16(9-11-4-7-18-10-11)13(17)12(8-14)15-3;1-14(2)6-7-16(10-11-5-4-8-18-11)13(17)12(9-14)15-3;1-13(2)4-5-15(7-10-8-17-9-10)12(16)11(6-13)14-3/h13-14,17H,4-12H2,1-3H3;2*11-12,15H,4-10H2,1-3H3;10-11,14H,4-9H2,1-3H3.